The Labute approximate surface area is 163 Å². The number of benzene rings is 1. The quantitative estimate of drug-likeness (QED) is 0.765. The van der Waals surface area contributed by atoms with E-state index in [0.717, 1.165) is 0 Å². The number of allylic oxidation sites excluding steroid dienone is 2. The summed E-state index contributed by atoms with van der Waals surface area (Å²) in [6, 6.07) is 4.74. The molecule has 7 heteroatoms. The van der Waals surface area contributed by atoms with E-state index >= 15 is 0 Å². The summed E-state index contributed by atoms with van der Waals surface area (Å²) in [4.78, 5) is 25.7. The number of hydrogen-bond donors (Lipinski definition) is 2. The number of hydrogen-bond acceptors (Lipinski definition) is 7. The van der Waals surface area contributed by atoms with E-state index in [2.05, 4.69) is 0 Å². The van der Waals surface area contributed by atoms with Crippen LogP contribution in [0.1, 0.15) is 45.1 Å². The van der Waals surface area contributed by atoms with Crippen molar-refractivity contribution in [1.82, 2.24) is 0 Å². The van der Waals surface area contributed by atoms with E-state index in [1.54, 1.807) is 19.1 Å². The minimum absolute atomic E-state index is 0.0678. The summed E-state index contributed by atoms with van der Waals surface area (Å²) >= 11 is 0. The van der Waals surface area contributed by atoms with E-state index in [9.17, 15) is 14.7 Å². The standard InChI is InChI=1S/C21H25NO6/c1-5-27-20(25)18-16(11-6-7-14(26-4)12(23)8-11)17-13(24)9-21(2,3)10-15(17)28-19(18)22/h6-8,16,23H,5,9-10,22H2,1-4H3. The van der Waals surface area contributed by atoms with Gasteiger partial charge in [-0.2, -0.15) is 0 Å². The minimum Gasteiger partial charge on any atom is -0.504 e. The van der Waals surface area contributed by atoms with Gasteiger partial charge < -0.3 is 25.1 Å². The molecular formula is C21H25NO6. The van der Waals surface area contributed by atoms with Crippen molar-refractivity contribution in [2.24, 2.45) is 11.1 Å². The highest BCUT2D eigenvalue weighted by Gasteiger charge is 2.45. The molecule has 0 saturated carbocycles. The summed E-state index contributed by atoms with van der Waals surface area (Å²) in [6.45, 7) is 5.80. The number of aromatic hydroxyl groups is 1. The van der Waals surface area contributed by atoms with Crippen LogP contribution in [-0.4, -0.2) is 30.6 Å². The van der Waals surface area contributed by atoms with E-state index in [4.69, 9.17) is 19.9 Å². The van der Waals surface area contributed by atoms with Crippen LogP contribution < -0.4 is 10.5 Å². The molecule has 2 aliphatic rings. The summed E-state index contributed by atoms with van der Waals surface area (Å²) in [5, 5.41) is 10.2. The molecule has 0 aromatic heterocycles. The molecular weight excluding hydrogens is 362 g/mol. The second kappa shape index (κ2) is 7.22. The maximum absolute atomic E-state index is 13.0. The van der Waals surface area contributed by atoms with Crippen LogP contribution in [0.15, 0.2) is 41.0 Å². The third-order valence-corrected chi connectivity index (χ3v) is 4.99. The van der Waals surface area contributed by atoms with Crippen LogP contribution in [-0.2, 0) is 19.1 Å². The van der Waals surface area contributed by atoms with Crippen molar-refractivity contribution in [1.29, 1.82) is 0 Å². The molecule has 0 spiro atoms. The Morgan fingerprint density at radius 1 is 1.36 bits per heavy atom. The third kappa shape index (κ3) is 3.44. The Morgan fingerprint density at radius 3 is 2.68 bits per heavy atom. The number of nitrogens with two attached hydrogens (primary N) is 1. The molecule has 1 aliphatic heterocycles. The van der Waals surface area contributed by atoms with Gasteiger partial charge in [-0.15, -0.1) is 0 Å². The molecule has 7 nitrogen and oxygen atoms in total. The van der Waals surface area contributed by atoms with Gasteiger partial charge in [-0.05, 0) is 30.0 Å². The first-order valence-electron chi connectivity index (χ1n) is 9.16. The van der Waals surface area contributed by atoms with Crippen LogP contribution in [0.4, 0.5) is 0 Å². The van der Waals surface area contributed by atoms with Gasteiger partial charge in [0.1, 0.15) is 11.3 Å². The van der Waals surface area contributed by atoms with Crippen molar-refractivity contribution < 1.29 is 28.9 Å². The summed E-state index contributed by atoms with van der Waals surface area (Å²) < 4.78 is 16.0. The summed E-state index contributed by atoms with van der Waals surface area (Å²) in [7, 11) is 1.44. The topological polar surface area (TPSA) is 108 Å². The van der Waals surface area contributed by atoms with Gasteiger partial charge in [-0.1, -0.05) is 19.9 Å². The third-order valence-electron chi connectivity index (χ3n) is 4.99. The molecule has 1 aromatic rings. The van der Waals surface area contributed by atoms with Crippen LogP contribution in [0.25, 0.3) is 0 Å². The average molecular weight is 387 g/mol. The molecule has 150 valence electrons. The molecule has 1 atom stereocenters. The van der Waals surface area contributed by atoms with Crippen molar-refractivity contribution >= 4 is 11.8 Å². The Balaban J connectivity index is 2.19. The number of phenolic OH excluding ortho intramolecular Hbond substituents is 1. The van der Waals surface area contributed by atoms with Crippen LogP contribution in [0.5, 0.6) is 11.5 Å². The highest BCUT2D eigenvalue weighted by atomic mass is 16.5. The van der Waals surface area contributed by atoms with Gasteiger partial charge in [0, 0.05) is 18.4 Å². The van der Waals surface area contributed by atoms with Crippen molar-refractivity contribution in [2.45, 2.75) is 39.5 Å². The smallest absolute Gasteiger partial charge is 0.340 e. The highest BCUT2D eigenvalue weighted by molar-refractivity contribution is 6.03. The Morgan fingerprint density at radius 2 is 2.07 bits per heavy atom. The number of carbonyl (C=O) groups is 2. The van der Waals surface area contributed by atoms with Crippen molar-refractivity contribution in [2.75, 3.05) is 13.7 Å². The van der Waals surface area contributed by atoms with E-state index in [1.807, 2.05) is 13.8 Å². The van der Waals surface area contributed by atoms with E-state index in [-0.39, 0.29) is 40.8 Å². The summed E-state index contributed by atoms with van der Waals surface area (Å²) in [6.07, 6.45) is 0.841. The van der Waals surface area contributed by atoms with Crippen molar-refractivity contribution in [3.63, 3.8) is 0 Å². The second-order valence-corrected chi connectivity index (χ2v) is 7.74. The highest BCUT2D eigenvalue weighted by Crippen LogP contribution is 2.49. The maximum atomic E-state index is 13.0. The number of rotatable bonds is 4. The number of phenols is 1. The summed E-state index contributed by atoms with van der Waals surface area (Å²) in [5.41, 5.74) is 6.82. The van der Waals surface area contributed by atoms with Crippen molar-refractivity contribution in [3.05, 3.63) is 46.6 Å². The minimum atomic E-state index is -0.775. The fraction of sp³-hybridized carbons (Fsp3) is 0.429. The van der Waals surface area contributed by atoms with Gasteiger partial charge in [0.2, 0.25) is 5.88 Å². The predicted molar refractivity (Wildman–Crippen MR) is 101 cm³/mol. The normalized spacial score (nSPS) is 21.1. The van der Waals surface area contributed by atoms with E-state index < -0.39 is 11.9 Å². The van der Waals surface area contributed by atoms with E-state index in [0.29, 0.717) is 29.7 Å². The molecule has 28 heavy (non-hydrogen) atoms. The zero-order valence-electron chi connectivity index (χ0n) is 16.5. The first kappa shape index (κ1) is 19.8. The molecule has 0 radical (unpaired) electrons. The first-order chi connectivity index (χ1) is 13.2. The van der Waals surface area contributed by atoms with Gasteiger partial charge in [0.15, 0.2) is 17.3 Å². The lowest BCUT2D eigenvalue weighted by atomic mass is 9.70. The predicted octanol–water partition coefficient (Wildman–Crippen LogP) is 2.89. The van der Waals surface area contributed by atoms with Gasteiger partial charge in [-0.3, -0.25) is 4.79 Å². The van der Waals surface area contributed by atoms with Crippen LogP contribution >= 0.6 is 0 Å². The zero-order chi connectivity index (χ0) is 20.6. The lowest BCUT2D eigenvalue weighted by molar-refractivity contribution is -0.139. The molecule has 0 amide bonds. The van der Waals surface area contributed by atoms with Crippen molar-refractivity contribution in [3.8, 4) is 11.5 Å². The first-order valence-corrected chi connectivity index (χ1v) is 9.16. The monoisotopic (exact) mass is 387 g/mol. The summed E-state index contributed by atoms with van der Waals surface area (Å²) in [5.74, 6) is -0.960. The Kier molecular flexibility index (Phi) is 5.10. The second-order valence-electron chi connectivity index (χ2n) is 7.74. The van der Waals surface area contributed by atoms with Gasteiger partial charge in [0.05, 0.1) is 19.6 Å². The molecule has 1 aliphatic carbocycles. The van der Waals surface area contributed by atoms with Crippen LogP contribution in [0.3, 0.4) is 0 Å². The fourth-order valence-electron chi connectivity index (χ4n) is 3.81. The molecule has 1 aromatic carbocycles. The molecule has 3 N–H and O–H groups in total. The molecule has 1 unspecified atom stereocenters. The fourth-order valence-corrected chi connectivity index (χ4v) is 3.81. The van der Waals surface area contributed by atoms with E-state index in [1.165, 1.54) is 13.2 Å². The maximum Gasteiger partial charge on any atom is 0.340 e. The average Bonchev–Trinajstić information content (AvgIpc) is 2.59. The SMILES string of the molecule is CCOC(=O)C1=C(N)OC2=C(C(=O)CC(C)(C)C2)C1c1ccc(OC)c(O)c1. The number of ketones is 1. The number of Topliss-reactive ketones (excluding diaryl/α,β-unsaturated/α-hetero) is 1. The Bertz CT molecular complexity index is 896. The number of esters is 1. The van der Waals surface area contributed by atoms with Gasteiger partial charge in [-0.25, -0.2) is 4.79 Å². The number of carbonyl (C=O) groups excluding carboxylic acids is 2. The van der Waals surface area contributed by atoms with Crippen LogP contribution in [0.2, 0.25) is 0 Å². The molecule has 0 saturated heterocycles. The Hall–Kier alpha value is -2.96. The van der Waals surface area contributed by atoms with Crippen LogP contribution in [0, 0.1) is 5.41 Å². The molecule has 0 bridgehead atoms. The number of ether oxygens (including phenoxy) is 3. The largest absolute Gasteiger partial charge is 0.504 e. The molecule has 3 rings (SSSR count). The lowest BCUT2D eigenvalue weighted by Gasteiger charge is -2.38. The zero-order valence-corrected chi connectivity index (χ0v) is 16.5. The number of methoxy groups -OCH3 is 1. The van der Waals surface area contributed by atoms with Gasteiger partial charge >= 0.3 is 5.97 Å². The molecule has 0 fully saturated rings. The molecule has 1 heterocycles. The van der Waals surface area contributed by atoms with Gasteiger partial charge in [0.25, 0.3) is 0 Å². The lowest BCUT2D eigenvalue weighted by Crippen LogP contribution is -2.35.